The Morgan fingerprint density at radius 3 is 2.38 bits per heavy atom. The fourth-order valence-electron chi connectivity index (χ4n) is 1.90. The van der Waals surface area contributed by atoms with Crippen LogP contribution in [0.25, 0.3) is 0 Å². The number of rotatable bonds is 7. The van der Waals surface area contributed by atoms with Crippen molar-refractivity contribution in [3.63, 3.8) is 0 Å². The Morgan fingerprint density at radius 1 is 1.24 bits per heavy atom. The van der Waals surface area contributed by atoms with Crippen molar-refractivity contribution < 1.29 is 14.3 Å². The second-order valence-electron chi connectivity index (χ2n) is 5.21. The number of carbonyl (C=O) groups is 2. The number of benzene rings is 1. The van der Waals surface area contributed by atoms with Crippen LogP contribution in [0.1, 0.15) is 37.4 Å². The molecule has 0 aliphatic rings. The number of hydrogen-bond acceptors (Lipinski definition) is 4. The van der Waals surface area contributed by atoms with Gasteiger partial charge in [-0.2, -0.15) is 11.8 Å². The molecule has 116 valence electrons. The maximum atomic E-state index is 11.9. The standard InChI is InChI=1S/C16H23NO3S/c1-11(2)20-16(19)9-14(17-15(18)10-21-4)13-7-5-12(3)6-8-13/h5-8,11,14H,9-10H2,1-4H3,(H,17,18). The van der Waals surface area contributed by atoms with Gasteiger partial charge in [-0.15, -0.1) is 0 Å². The lowest BCUT2D eigenvalue weighted by Crippen LogP contribution is -2.32. The van der Waals surface area contributed by atoms with Gasteiger partial charge in [-0.3, -0.25) is 9.59 Å². The number of ether oxygens (including phenoxy) is 1. The molecule has 0 aromatic heterocycles. The molecule has 0 radical (unpaired) electrons. The first-order valence-corrected chi connectivity index (χ1v) is 8.36. The van der Waals surface area contributed by atoms with E-state index >= 15 is 0 Å². The van der Waals surface area contributed by atoms with Gasteiger partial charge in [0.2, 0.25) is 5.91 Å². The summed E-state index contributed by atoms with van der Waals surface area (Å²) in [6, 6.07) is 7.45. The van der Waals surface area contributed by atoms with Crippen LogP contribution in [0.5, 0.6) is 0 Å². The fraction of sp³-hybridized carbons (Fsp3) is 0.500. The third-order valence-electron chi connectivity index (χ3n) is 2.83. The Hall–Kier alpha value is -1.49. The van der Waals surface area contributed by atoms with Crippen molar-refractivity contribution in [1.29, 1.82) is 0 Å². The second-order valence-corrected chi connectivity index (χ2v) is 6.07. The minimum Gasteiger partial charge on any atom is -0.463 e. The van der Waals surface area contributed by atoms with Crippen LogP contribution in [0.4, 0.5) is 0 Å². The zero-order valence-electron chi connectivity index (χ0n) is 13.0. The Kier molecular flexibility index (Phi) is 7.29. The molecule has 0 spiro atoms. The molecule has 0 saturated heterocycles. The number of nitrogens with one attached hydrogen (secondary N) is 1. The maximum Gasteiger partial charge on any atom is 0.308 e. The van der Waals surface area contributed by atoms with E-state index in [0.29, 0.717) is 5.75 Å². The Bertz CT molecular complexity index is 471. The van der Waals surface area contributed by atoms with Crippen LogP contribution in [0.15, 0.2) is 24.3 Å². The van der Waals surface area contributed by atoms with Gasteiger partial charge in [-0.25, -0.2) is 0 Å². The van der Waals surface area contributed by atoms with Gasteiger partial charge in [0.1, 0.15) is 0 Å². The average Bonchev–Trinajstić information content (AvgIpc) is 2.38. The van der Waals surface area contributed by atoms with Crippen LogP contribution in [-0.4, -0.2) is 30.0 Å². The molecule has 1 aromatic rings. The Balaban J connectivity index is 2.81. The number of hydrogen-bond donors (Lipinski definition) is 1. The van der Waals surface area contributed by atoms with Crippen molar-refractivity contribution in [3.05, 3.63) is 35.4 Å². The molecule has 0 bridgehead atoms. The topological polar surface area (TPSA) is 55.4 Å². The molecule has 1 N–H and O–H groups in total. The number of aryl methyl sites for hydroxylation is 1. The van der Waals surface area contributed by atoms with Crippen molar-refractivity contribution in [2.45, 2.75) is 39.3 Å². The van der Waals surface area contributed by atoms with Gasteiger partial charge in [0.05, 0.1) is 24.3 Å². The summed E-state index contributed by atoms with van der Waals surface area (Å²) in [6.07, 6.45) is 1.85. The lowest BCUT2D eigenvalue weighted by Gasteiger charge is -2.19. The summed E-state index contributed by atoms with van der Waals surface area (Å²) < 4.78 is 5.17. The first-order chi connectivity index (χ1) is 9.92. The molecular weight excluding hydrogens is 286 g/mol. The molecule has 0 fully saturated rings. The van der Waals surface area contributed by atoms with Gasteiger partial charge in [0.25, 0.3) is 0 Å². The van der Waals surface area contributed by atoms with E-state index < -0.39 is 0 Å². The van der Waals surface area contributed by atoms with E-state index in [4.69, 9.17) is 4.74 Å². The van der Waals surface area contributed by atoms with Gasteiger partial charge in [0.15, 0.2) is 0 Å². The molecule has 0 heterocycles. The summed E-state index contributed by atoms with van der Waals surface area (Å²) in [7, 11) is 0. The summed E-state index contributed by atoms with van der Waals surface area (Å²) >= 11 is 1.45. The van der Waals surface area contributed by atoms with E-state index in [1.807, 2.05) is 51.3 Å². The normalized spacial score (nSPS) is 12.0. The molecule has 0 aliphatic heterocycles. The van der Waals surface area contributed by atoms with Crippen LogP contribution in [-0.2, 0) is 14.3 Å². The van der Waals surface area contributed by atoms with Crippen molar-refractivity contribution in [1.82, 2.24) is 5.32 Å². The van der Waals surface area contributed by atoms with E-state index in [0.717, 1.165) is 11.1 Å². The van der Waals surface area contributed by atoms with Gasteiger partial charge < -0.3 is 10.1 Å². The molecule has 1 rings (SSSR count). The minimum absolute atomic E-state index is 0.0783. The molecule has 21 heavy (non-hydrogen) atoms. The summed E-state index contributed by atoms with van der Waals surface area (Å²) in [4.78, 5) is 23.7. The lowest BCUT2D eigenvalue weighted by atomic mass is 10.0. The van der Waals surface area contributed by atoms with Crippen molar-refractivity contribution in [2.24, 2.45) is 0 Å². The third kappa shape index (κ3) is 6.67. The van der Waals surface area contributed by atoms with E-state index in [1.165, 1.54) is 11.8 Å². The Labute approximate surface area is 130 Å². The molecular formula is C16H23NO3S. The zero-order valence-corrected chi connectivity index (χ0v) is 13.8. The highest BCUT2D eigenvalue weighted by Gasteiger charge is 2.19. The first-order valence-electron chi connectivity index (χ1n) is 6.96. The van der Waals surface area contributed by atoms with Crippen LogP contribution in [0.2, 0.25) is 0 Å². The smallest absolute Gasteiger partial charge is 0.308 e. The van der Waals surface area contributed by atoms with E-state index in [-0.39, 0.29) is 30.4 Å². The molecule has 1 unspecified atom stereocenters. The number of thioether (sulfide) groups is 1. The molecule has 1 amide bonds. The summed E-state index contributed by atoms with van der Waals surface area (Å²) in [5.74, 6) is -0.00727. The zero-order chi connectivity index (χ0) is 15.8. The molecule has 0 saturated carbocycles. The van der Waals surface area contributed by atoms with Crippen LogP contribution in [0, 0.1) is 6.92 Å². The average molecular weight is 309 g/mol. The van der Waals surface area contributed by atoms with Crippen molar-refractivity contribution >= 4 is 23.6 Å². The lowest BCUT2D eigenvalue weighted by molar-refractivity contribution is -0.148. The van der Waals surface area contributed by atoms with E-state index in [1.54, 1.807) is 0 Å². The van der Waals surface area contributed by atoms with Crippen molar-refractivity contribution in [3.8, 4) is 0 Å². The van der Waals surface area contributed by atoms with Gasteiger partial charge in [-0.1, -0.05) is 29.8 Å². The van der Waals surface area contributed by atoms with E-state index in [2.05, 4.69) is 5.32 Å². The van der Waals surface area contributed by atoms with Crippen LogP contribution in [0.3, 0.4) is 0 Å². The summed E-state index contributed by atoms with van der Waals surface area (Å²) in [5.41, 5.74) is 2.05. The monoisotopic (exact) mass is 309 g/mol. The predicted molar refractivity (Wildman–Crippen MR) is 86.3 cm³/mol. The number of esters is 1. The highest BCUT2D eigenvalue weighted by molar-refractivity contribution is 7.99. The van der Waals surface area contributed by atoms with Crippen molar-refractivity contribution in [2.75, 3.05) is 12.0 Å². The number of carbonyl (C=O) groups excluding carboxylic acids is 2. The first kappa shape index (κ1) is 17.6. The third-order valence-corrected chi connectivity index (χ3v) is 3.38. The Morgan fingerprint density at radius 2 is 1.86 bits per heavy atom. The second kappa shape index (κ2) is 8.72. The molecule has 1 aromatic carbocycles. The molecule has 5 heteroatoms. The van der Waals surface area contributed by atoms with Crippen LogP contribution >= 0.6 is 11.8 Å². The largest absolute Gasteiger partial charge is 0.463 e. The van der Waals surface area contributed by atoms with Gasteiger partial charge in [0, 0.05) is 0 Å². The molecule has 1 atom stereocenters. The highest BCUT2D eigenvalue weighted by Crippen LogP contribution is 2.19. The number of amides is 1. The fourth-order valence-corrected chi connectivity index (χ4v) is 2.24. The predicted octanol–water partition coefficient (Wildman–Crippen LogP) is 2.86. The molecule has 4 nitrogen and oxygen atoms in total. The van der Waals surface area contributed by atoms with Crippen LogP contribution < -0.4 is 5.32 Å². The summed E-state index contributed by atoms with van der Waals surface area (Å²) in [5, 5.41) is 2.90. The molecule has 0 aliphatic carbocycles. The SMILES string of the molecule is CSCC(=O)NC(CC(=O)OC(C)C)c1ccc(C)cc1. The summed E-state index contributed by atoms with van der Waals surface area (Å²) in [6.45, 7) is 5.62. The minimum atomic E-state index is -0.350. The maximum absolute atomic E-state index is 11.9. The van der Waals surface area contributed by atoms with Gasteiger partial charge >= 0.3 is 5.97 Å². The van der Waals surface area contributed by atoms with E-state index in [9.17, 15) is 9.59 Å². The van der Waals surface area contributed by atoms with Gasteiger partial charge in [-0.05, 0) is 32.6 Å². The highest BCUT2D eigenvalue weighted by atomic mass is 32.2. The quantitative estimate of drug-likeness (QED) is 0.787.